The number of urea groups is 1. The molecule has 0 saturated carbocycles. The third-order valence-electron chi connectivity index (χ3n) is 4.16. The van der Waals surface area contributed by atoms with E-state index >= 15 is 0 Å². The standard InChI is InChI=1S/C22H18N4O3/c1-28-19-12-10-17(11-13-19)23-22(27)24-18-9-5-8-16(14-18)21-26-25-20(29-21)15-6-3-2-4-7-15/h2-14H,1H3,(H2,23,24,27). The summed E-state index contributed by atoms with van der Waals surface area (Å²) < 4.78 is 10.9. The molecule has 4 rings (SSSR count). The molecule has 7 heteroatoms. The smallest absolute Gasteiger partial charge is 0.323 e. The highest BCUT2D eigenvalue weighted by Gasteiger charge is 2.11. The Morgan fingerprint density at radius 1 is 0.793 bits per heavy atom. The van der Waals surface area contributed by atoms with Crippen LogP contribution in [0.15, 0.2) is 83.3 Å². The van der Waals surface area contributed by atoms with E-state index in [0.717, 1.165) is 11.3 Å². The number of carbonyl (C=O) groups excluding carboxylic acids is 1. The number of amides is 2. The van der Waals surface area contributed by atoms with Crippen molar-refractivity contribution in [2.45, 2.75) is 0 Å². The highest BCUT2D eigenvalue weighted by atomic mass is 16.5. The number of aromatic nitrogens is 2. The van der Waals surface area contributed by atoms with Gasteiger partial charge in [0, 0.05) is 22.5 Å². The highest BCUT2D eigenvalue weighted by molar-refractivity contribution is 6.00. The zero-order chi connectivity index (χ0) is 20.1. The van der Waals surface area contributed by atoms with E-state index in [1.165, 1.54) is 0 Å². The molecule has 1 heterocycles. The van der Waals surface area contributed by atoms with E-state index in [1.54, 1.807) is 43.5 Å². The number of rotatable bonds is 5. The lowest BCUT2D eigenvalue weighted by Gasteiger charge is -2.09. The maximum atomic E-state index is 12.3. The number of carbonyl (C=O) groups is 1. The predicted molar refractivity (Wildman–Crippen MR) is 111 cm³/mol. The quantitative estimate of drug-likeness (QED) is 0.501. The van der Waals surface area contributed by atoms with Gasteiger partial charge in [-0.1, -0.05) is 24.3 Å². The van der Waals surface area contributed by atoms with Crippen LogP contribution in [0.25, 0.3) is 22.9 Å². The SMILES string of the molecule is COc1ccc(NC(=O)Nc2cccc(-c3nnc(-c4ccccc4)o3)c2)cc1. The second-order valence-corrected chi connectivity index (χ2v) is 6.17. The van der Waals surface area contributed by atoms with E-state index < -0.39 is 0 Å². The van der Waals surface area contributed by atoms with Gasteiger partial charge < -0.3 is 19.8 Å². The Morgan fingerprint density at radius 3 is 2.17 bits per heavy atom. The van der Waals surface area contributed by atoms with Crippen LogP contribution in [0.5, 0.6) is 5.75 Å². The Labute approximate surface area is 167 Å². The van der Waals surface area contributed by atoms with Crippen LogP contribution in [-0.4, -0.2) is 23.3 Å². The summed E-state index contributed by atoms with van der Waals surface area (Å²) in [6.07, 6.45) is 0. The monoisotopic (exact) mass is 386 g/mol. The molecule has 0 radical (unpaired) electrons. The molecular formula is C22H18N4O3. The molecule has 3 aromatic carbocycles. The fourth-order valence-electron chi connectivity index (χ4n) is 2.74. The topological polar surface area (TPSA) is 89.3 Å². The Kier molecular flexibility index (Phi) is 5.20. The van der Waals surface area contributed by atoms with Crippen molar-refractivity contribution in [2.24, 2.45) is 0 Å². The largest absolute Gasteiger partial charge is 0.497 e. The average Bonchev–Trinajstić information content (AvgIpc) is 3.25. The average molecular weight is 386 g/mol. The number of nitrogens with zero attached hydrogens (tertiary/aromatic N) is 2. The fraction of sp³-hybridized carbons (Fsp3) is 0.0455. The lowest BCUT2D eigenvalue weighted by molar-refractivity contribution is 0.262. The molecule has 0 bridgehead atoms. The minimum Gasteiger partial charge on any atom is -0.497 e. The molecule has 4 aromatic rings. The van der Waals surface area contributed by atoms with Crippen molar-refractivity contribution in [2.75, 3.05) is 17.7 Å². The van der Waals surface area contributed by atoms with Gasteiger partial charge in [0.25, 0.3) is 0 Å². The van der Waals surface area contributed by atoms with Crippen molar-refractivity contribution in [3.63, 3.8) is 0 Å². The van der Waals surface area contributed by atoms with Crippen LogP contribution in [0.3, 0.4) is 0 Å². The lowest BCUT2D eigenvalue weighted by Crippen LogP contribution is -2.19. The molecular weight excluding hydrogens is 368 g/mol. The molecule has 0 aliphatic heterocycles. The Morgan fingerprint density at radius 2 is 1.45 bits per heavy atom. The third-order valence-corrected chi connectivity index (χ3v) is 4.16. The number of hydrogen-bond donors (Lipinski definition) is 2. The summed E-state index contributed by atoms with van der Waals surface area (Å²) in [5.74, 6) is 1.54. The Hall–Kier alpha value is -4.13. The second-order valence-electron chi connectivity index (χ2n) is 6.17. The first-order chi connectivity index (χ1) is 14.2. The van der Waals surface area contributed by atoms with E-state index in [2.05, 4.69) is 20.8 Å². The number of nitrogens with one attached hydrogen (secondary N) is 2. The molecule has 0 aliphatic rings. The van der Waals surface area contributed by atoms with E-state index in [4.69, 9.17) is 9.15 Å². The van der Waals surface area contributed by atoms with Crippen molar-refractivity contribution in [1.82, 2.24) is 10.2 Å². The molecule has 144 valence electrons. The molecule has 0 fully saturated rings. The van der Waals surface area contributed by atoms with Gasteiger partial charge in [0.15, 0.2) is 0 Å². The minimum atomic E-state index is -0.358. The fourth-order valence-corrected chi connectivity index (χ4v) is 2.74. The van der Waals surface area contributed by atoms with Crippen molar-refractivity contribution < 1.29 is 13.9 Å². The first-order valence-electron chi connectivity index (χ1n) is 8.93. The van der Waals surface area contributed by atoms with E-state index in [9.17, 15) is 4.79 Å². The summed E-state index contributed by atoms with van der Waals surface area (Å²) >= 11 is 0. The van der Waals surface area contributed by atoms with Crippen LogP contribution >= 0.6 is 0 Å². The van der Waals surface area contributed by atoms with E-state index in [-0.39, 0.29) is 6.03 Å². The van der Waals surface area contributed by atoms with Crippen molar-refractivity contribution >= 4 is 17.4 Å². The molecule has 29 heavy (non-hydrogen) atoms. The van der Waals surface area contributed by atoms with E-state index in [1.807, 2.05) is 42.5 Å². The van der Waals surface area contributed by atoms with Crippen molar-refractivity contribution in [1.29, 1.82) is 0 Å². The molecule has 0 atom stereocenters. The second kappa shape index (κ2) is 8.26. The normalized spacial score (nSPS) is 10.4. The molecule has 7 nitrogen and oxygen atoms in total. The molecule has 2 amide bonds. The minimum absolute atomic E-state index is 0.358. The van der Waals surface area contributed by atoms with Gasteiger partial charge in [-0.05, 0) is 54.6 Å². The summed E-state index contributed by atoms with van der Waals surface area (Å²) in [5.41, 5.74) is 2.82. The van der Waals surface area contributed by atoms with Gasteiger partial charge >= 0.3 is 6.03 Å². The molecule has 0 unspecified atom stereocenters. The molecule has 0 saturated heterocycles. The van der Waals surface area contributed by atoms with Gasteiger partial charge in [-0.15, -0.1) is 10.2 Å². The molecule has 2 N–H and O–H groups in total. The Bertz CT molecular complexity index is 1110. The summed E-state index contributed by atoms with van der Waals surface area (Å²) in [4.78, 5) is 12.3. The number of benzene rings is 3. The van der Waals surface area contributed by atoms with Crippen molar-refractivity contribution in [3.05, 3.63) is 78.9 Å². The van der Waals surface area contributed by atoms with E-state index in [0.29, 0.717) is 28.7 Å². The summed E-state index contributed by atoms with van der Waals surface area (Å²) in [6.45, 7) is 0. The Balaban J connectivity index is 1.46. The van der Waals surface area contributed by atoms with Gasteiger partial charge in [-0.3, -0.25) is 0 Å². The van der Waals surface area contributed by atoms with Crippen LogP contribution in [0.1, 0.15) is 0 Å². The summed E-state index contributed by atoms with van der Waals surface area (Å²) in [6, 6.07) is 23.5. The molecule has 1 aromatic heterocycles. The third kappa shape index (κ3) is 4.41. The number of methoxy groups -OCH3 is 1. The zero-order valence-electron chi connectivity index (χ0n) is 15.6. The van der Waals surface area contributed by atoms with Gasteiger partial charge in [0.1, 0.15) is 5.75 Å². The van der Waals surface area contributed by atoms with Crippen molar-refractivity contribution in [3.8, 4) is 28.7 Å². The van der Waals surface area contributed by atoms with Gasteiger partial charge in [0.05, 0.1) is 7.11 Å². The zero-order valence-corrected chi connectivity index (χ0v) is 15.6. The number of ether oxygens (including phenoxy) is 1. The van der Waals surface area contributed by atoms with Gasteiger partial charge in [-0.25, -0.2) is 4.79 Å². The predicted octanol–water partition coefficient (Wildman–Crippen LogP) is 5.06. The van der Waals surface area contributed by atoms with Crippen LogP contribution < -0.4 is 15.4 Å². The van der Waals surface area contributed by atoms with Crippen LogP contribution in [0.2, 0.25) is 0 Å². The summed E-state index contributed by atoms with van der Waals surface area (Å²) in [7, 11) is 1.59. The first kappa shape index (κ1) is 18.2. The molecule has 0 aliphatic carbocycles. The highest BCUT2D eigenvalue weighted by Crippen LogP contribution is 2.25. The van der Waals surface area contributed by atoms with Gasteiger partial charge in [-0.2, -0.15) is 0 Å². The molecule has 0 spiro atoms. The number of hydrogen-bond acceptors (Lipinski definition) is 5. The first-order valence-corrected chi connectivity index (χ1v) is 8.93. The van der Waals surface area contributed by atoms with Gasteiger partial charge in [0.2, 0.25) is 11.8 Å². The maximum Gasteiger partial charge on any atom is 0.323 e. The summed E-state index contributed by atoms with van der Waals surface area (Å²) in [5, 5.41) is 13.8. The maximum absolute atomic E-state index is 12.3. The van der Waals surface area contributed by atoms with Crippen LogP contribution in [0, 0.1) is 0 Å². The van der Waals surface area contributed by atoms with Crippen LogP contribution in [0.4, 0.5) is 16.2 Å². The number of anilines is 2. The van der Waals surface area contributed by atoms with Crippen LogP contribution in [-0.2, 0) is 0 Å². The lowest BCUT2D eigenvalue weighted by atomic mass is 10.2.